The fourth-order valence-electron chi connectivity index (χ4n) is 0.968. The van der Waals surface area contributed by atoms with Crippen molar-refractivity contribution < 1.29 is 4.74 Å². The van der Waals surface area contributed by atoms with Gasteiger partial charge in [0.2, 0.25) is 0 Å². The molecule has 0 fully saturated rings. The Hall–Kier alpha value is -1.75. The molecule has 0 bridgehead atoms. The predicted octanol–water partition coefficient (Wildman–Crippen LogP) is 2.10. The van der Waals surface area contributed by atoms with Crippen LogP contribution in [0.15, 0.2) is 30.3 Å². The first-order valence-corrected chi connectivity index (χ1v) is 4.78. The van der Waals surface area contributed by atoms with Crippen molar-refractivity contribution in [1.82, 2.24) is 4.37 Å². The fraction of sp³-hybridized carbons (Fsp3) is 0. The molecule has 0 saturated carbocycles. The Morgan fingerprint density at radius 2 is 1.86 bits per heavy atom. The van der Waals surface area contributed by atoms with Crippen LogP contribution in [0, 0.1) is 0 Å². The minimum atomic E-state index is 0.374. The molecule has 0 unspecified atom stereocenters. The van der Waals surface area contributed by atoms with Crippen LogP contribution in [0.1, 0.15) is 0 Å². The molecule has 2 rings (SSSR count). The largest absolute Gasteiger partial charge is 0.436 e. The van der Waals surface area contributed by atoms with Gasteiger partial charge in [-0.2, -0.15) is 4.37 Å². The summed E-state index contributed by atoms with van der Waals surface area (Å²) in [6.07, 6.45) is 0. The minimum absolute atomic E-state index is 0.374. The second-order valence-electron chi connectivity index (χ2n) is 2.68. The third-order valence-electron chi connectivity index (χ3n) is 1.68. The molecule has 1 aromatic carbocycles. The van der Waals surface area contributed by atoms with Gasteiger partial charge in [-0.1, -0.05) is 18.2 Å². The zero-order chi connectivity index (χ0) is 9.97. The van der Waals surface area contributed by atoms with E-state index in [0.717, 1.165) is 11.5 Å². The lowest BCUT2D eigenvalue weighted by molar-refractivity contribution is 0.471. The zero-order valence-electron chi connectivity index (χ0n) is 7.31. The number of hydrogen-bond donors (Lipinski definition) is 2. The molecule has 0 atom stereocenters. The number of benzene rings is 1. The third kappa shape index (κ3) is 1.62. The fourth-order valence-corrected chi connectivity index (χ4v) is 1.47. The molecule has 1 aromatic heterocycles. The average molecular weight is 207 g/mol. The van der Waals surface area contributed by atoms with Gasteiger partial charge in [0.1, 0.15) is 16.4 Å². The molecule has 5 heteroatoms. The Morgan fingerprint density at radius 3 is 2.43 bits per heavy atom. The van der Waals surface area contributed by atoms with Crippen molar-refractivity contribution in [2.75, 3.05) is 11.5 Å². The molecule has 4 N–H and O–H groups in total. The van der Waals surface area contributed by atoms with Crippen LogP contribution in [0.3, 0.4) is 0 Å². The zero-order valence-corrected chi connectivity index (χ0v) is 8.12. The van der Waals surface area contributed by atoms with Crippen LogP contribution < -0.4 is 16.2 Å². The average Bonchev–Trinajstić information content (AvgIpc) is 2.52. The Labute approximate surface area is 85.3 Å². The number of para-hydroxylation sites is 1. The maximum atomic E-state index is 5.65. The first kappa shape index (κ1) is 8.83. The van der Waals surface area contributed by atoms with Crippen LogP contribution >= 0.6 is 11.5 Å². The Kier molecular flexibility index (Phi) is 2.24. The summed E-state index contributed by atoms with van der Waals surface area (Å²) in [6, 6.07) is 9.32. The molecule has 4 nitrogen and oxygen atoms in total. The predicted molar refractivity (Wildman–Crippen MR) is 57.5 cm³/mol. The summed E-state index contributed by atoms with van der Waals surface area (Å²) in [7, 11) is 0. The second kappa shape index (κ2) is 3.55. The number of nitrogen functional groups attached to an aromatic ring is 2. The van der Waals surface area contributed by atoms with Gasteiger partial charge in [-0.15, -0.1) is 0 Å². The maximum absolute atomic E-state index is 5.65. The quantitative estimate of drug-likeness (QED) is 0.790. The summed E-state index contributed by atoms with van der Waals surface area (Å²) in [6.45, 7) is 0. The van der Waals surface area contributed by atoms with Crippen LogP contribution in [0.5, 0.6) is 11.6 Å². The van der Waals surface area contributed by atoms with Gasteiger partial charge >= 0.3 is 0 Å². The van der Waals surface area contributed by atoms with Gasteiger partial charge in [0.15, 0.2) is 0 Å². The molecule has 0 aliphatic rings. The highest BCUT2D eigenvalue weighted by Gasteiger charge is 2.09. The standard InChI is InChI=1S/C9H9N3OS/c10-7-8(11)14-12-9(7)13-6-4-2-1-3-5-6/h1-5H,10-11H2. The van der Waals surface area contributed by atoms with E-state index < -0.39 is 0 Å². The first-order valence-electron chi connectivity index (χ1n) is 4.01. The molecule has 14 heavy (non-hydrogen) atoms. The van der Waals surface area contributed by atoms with E-state index in [1.165, 1.54) is 0 Å². The lowest BCUT2D eigenvalue weighted by atomic mass is 10.3. The third-order valence-corrected chi connectivity index (χ3v) is 2.35. The summed E-state index contributed by atoms with van der Waals surface area (Å²) in [5, 5.41) is 0.482. The molecule has 0 saturated heterocycles. The lowest BCUT2D eigenvalue weighted by Gasteiger charge is -2.01. The van der Waals surface area contributed by atoms with Crippen LogP contribution in [0.25, 0.3) is 0 Å². The number of aromatic nitrogens is 1. The summed E-state index contributed by atoms with van der Waals surface area (Å²) in [5.41, 5.74) is 11.6. The highest BCUT2D eigenvalue weighted by Crippen LogP contribution is 2.33. The van der Waals surface area contributed by atoms with Crippen molar-refractivity contribution >= 4 is 22.2 Å². The van der Waals surface area contributed by atoms with Gasteiger partial charge in [0, 0.05) is 0 Å². The maximum Gasteiger partial charge on any atom is 0.256 e. The molecule has 0 radical (unpaired) electrons. The topological polar surface area (TPSA) is 74.2 Å². The molecule has 0 aliphatic heterocycles. The van der Waals surface area contributed by atoms with E-state index in [1.807, 2.05) is 30.3 Å². The molecular weight excluding hydrogens is 198 g/mol. The van der Waals surface area contributed by atoms with E-state index in [4.69, 9.17) is 16.2 Å². The number of rotatable bonds is 2. The van der Waals surface area contributed by atoms with Crippen molar-refractivity contribution in [3.63, 3.8) is 0 Å². The van der Waals surface area contributed by atoms with Crippen molar-refractivity contribution in [1.29, 1.82) is 0 Å². The van der Waals surface area contributed by atoms with Crippen molar-refractivity contribution in [3.05, 3.63) is 30.3 Å². The summed E-state index contributed by atoms with van der Waals surface area (Å²) in [5.74, 6) is 1.07. The SMILES string of the molecule is Nc1snc(Oc2ccccc2)c1N. The number of nitrogens with zero attached hydrogens (tertiary/aromatic N) is 1. The highest BCUT2D eigenvalue weighted by molar-refractivity contribution is 7.10. The van der Waals surface area contributed by atoms with Crippen molar-refractivity contribution in [2.24, 2.45) is 0 Å². The molecule has 2 aromatic rings. The van der Waals surface area contributed by atoms with Gasteiger partial charge < -0.3 is 16.2 Å². The second-order valence-corrected chi connectivity index (χ2v) is 3.49. The molecule has 0 aliphatic carbocycles. The van der Waals surface area contributed by atoms with Gasteiger partial charge in [0.05, 0.1) is 0 Å². The van der Waals surface area contributed by atoms with E-state index in [-0.39, 0.29) is 0 Å². The van der Waals surface area contributed by atoms with Crippen LogP contribution in [0.4, 0.5) is 10.7 Å². The van der Waals surface area contributed by atoms with Crippen LogP contribution in [-0.2, 0) is 0 Å². The molecular formula is C9H9N3OS. The smallest absolute Gasteiger partial charge is 0.256 e. The first-order chi connectivity index (χ1) is 6.77. The van der Waals surface area contributed by atoms with E-state index in [9.17, 15) is 0 Å². The van der Waals surface area contributed by atoms with Crippen LogP contribution in [-0.4, -0.2) is 4.37 Å². The number of anilines is 2. The van der Waals surface area contributed by atoms with Gasteiger partial charge in [-0.05, 0) is 23.7 Å². The van der Waals surface area contributed by atoms with Crippen molar-refractivity contribution in [3.8, 4) is 11.6 Å². The number of hydrogen-bond acceptors (Lipinski definition) is 5. The van der Waals surface area contributed by atoms with E-state index in [0.29, 0.717) is 22.3 Å². The van der Waals surface area contributed by atoms with E-state index in [2.05, 4.69) is 4.37 Å². The Morgan fingerprint density at radius 1 is 1.14 bits per heavy atom. The number of nitrogens with two attached hydrogens (primary N) is 2. The molecule has 0 spiro atoms. The molecule has 1 heterocycles. The normalized spacial score (nSPS) is 10.0. The van der Waals surface area contributed by atoms with E-state index in [1.54, 1.807) is 0 Å². The van der Waals surface area contributed by atoms with Crippen molar-refractivity contribution in [2.45, 2.75) is 0 Å². The lowest BCUT2D eigenvalue weighted by Crippen LogP contribution is -1.92. The number of ether oxygens (including phenoxy) is 1. The summed E-state index contributed by atoms with van der Waals surface area (Å²) < 4.78 is 9.40. The highest BCUT2D eigenvalue weighted by atomic mass is 32.1. The summed E-state index contributed by atoms with van der Waals surface area (Å²) >= 11 is 1.13. The van der Waals surface area contributed by atoms with Crippen LogP contribution in [0.2, 0.25) is 0 Å². The minimum Gasteiger partial charge on any atom is -0.436 e. The Balaban J connectivity index is 2.23. The molecule has 0 amide bonds. The van der Waals surface area contributed by atoms with Gasteiger partial charge in [-0.3, -0.25) is 0 Å². The summed E-state index contributed by atoms with van der Waals surface area (Å²) in [4.78, 5) is 0. The monoisotopic (exact) mass is 207 g/mol. The Bertz CT molecular complexity index is 427. The van der Waals surface area contributed by atoms with Gasteiger partial charge in [-0.25, -0.2) is 0 Å². The molecule has 72 valence electrons. The van der Waals surface area contributed by atoms with E-state index >= 15 is 0 Å². The van der Waals surface area contributed by atoms with Gasteiger partial charge in [0.25, 0.3) is 5.88 Å².